The minimum Gasteiger partial charge on any atom is -0.476 e. The molecule has 0 amide bonds. The molecule has 0 fully saturated rings. The molecule has 1 aromatic rings. The van der Waals surface area contributed by atoms with Crippen molar-refractivity contribution in [3.05, 3.63) is 23.9 Å². The summed E-state index contributed by atoms with van der Waals surface area (Å²) in [5, 5.41) is 2.99. The summed E-state index contributed by atoms with van der Waals surface area (Å²) in [5.41, 5.74) is 6.61. The molecule has 3 N–H and O–H groups in total. The molecule has 0 spiro atoms. The highest BCUT2D eigenvalue weighted by molar-refractivity contribution is 14.0. The molecule has 0 aliphatic carbocycles. The molecule has 0 saturated carbocycles. The first kappa shape index (κ1) is 17.9. The molecule has 7 heteroatoms. The van der Waals surface area contributed by atoms with Gasteiger partial charge in [0, 0.05) is 32.4 Å². The van der Waals surface area contributed by atoms with Gasteiger partial charge >= 0.3 is 0 Å². The van der Waals surface area contributed by atoms with Crippen LogP contribution in [0.15, 0.2) is 23.3 Å². The Kier molecular flexibility index (Phi) is 9.23. The average molecular weight is 379 g/mol. The predicted molar refractivity (Wildman–Crippen MR) is 88.1 cm³/mol. The third-order valence-electron chi connectivity index (χ3n) is 2.30. The van der Waals surface area contributed by atoms with E-state index in [0.29, 0.717) is 25.0 Å². The van der Waals surface area contributed by atoms with Gasteiger partial charge in [0.2, 0.25) is 5.88 Å². The first-order valence-corrected chi connectivity index (χ1v) is 5.80. The van der Waals surface area contributed by atoms with Crippen LogP contribution in [0, 0.1) is 0 Å². The number of guanidine groups is 1. The third-order valence-corrected chi connectivity index (χ3v) is 2.30. The van der Waals surface area contributed by atoms with Crippen molar-refractivity contribution in [3.8, 4) is 5.88 Å². The highest BCUT2D eigenvalue weighted by Crippen LogP contribution is 2.08. The molecular weight excluding hydrogens is 357 g/mol. The summed E-state index contributed by atoms with van der Waals surface area (Å²) in [6.45, 7) is 2.09. The van der Waals surface area contributed by atoms with E-state index in [0.717, 1.165) is 12.1 Å². The Morgan fingerprint density at radius 1 is 1.53 bits per heavy atom. The second-order valence-corrected chi connectivity index (χ2v) is 4.12. The summed E-state index contributed by atoms with van der Waals surface area (Å²) >= 11 is 0. The molecule has 0 aliphatic heterocycles. The maximum atomic E-state index is 5.56. The van der Waals surface area contributed by atoms with Crippen LogP contribution in [-0.4, -0.2) is 50.1 Å². The van der Waals surface area contributed by atoms with Crippen molar-refractivity contribution < 1.29 is 4.74 Å². The van der Waals surface area contributed by atoms with Crippen molar-refractivity contribution in [2.75, 3.05) is 34.3 Å². The van der Waals surface area contributed by atoms with Gasteiger partial charge in [-0.25, -0.2) is 4.98 Å². The molecule has 0 radical (unpaired) electrons. The molecule has 0 atom stereocenters. The molecule has 1 rings (SSSR count). The van der Waals surface area contributed by atoms with Crippen LogP contribution in [0.5, 0.6) is 5.88 Å². The van der Waals surface area contributed by atoms with E-state index in [9.17, 15) is 0 Å². The van der Waals surface area contributed by atoms with Gasteiger partial charge in [0.05, 0.1) is 0 Å². The largest absolute Gasteiger partial charge is 0.476 e. The quantitative estimate of drug-likeness (QED) is 0.432. The van der Waals surface area contributed by atoms with E-state index in [2.05, 4.69) is 20.2 Å². The number of hydrogen-bond donors (Lipinski definition) is 2. The summed E-state index contributed by atoms with van der Waals surface area (Å²) in [6.07, 6.45) is 1.72. The number of nitrogens with two attached hydrogens (primary N) is 1. The monoisotopic (exact) mass is 379 g/mol. The summed E-state index contributed by atoms with van der Waals surface area (Å²) < 4.78 is 5.55. The second-order valence-electron chi connectivity index (χ2n) is 4.12. The number of hydrogen-bond acceptors (Lipinski definition) is 4. The zero-order valence-electron chi connectivity index (χ0n) is 11.6. The average Bonchev–Trinajstić information content (AvgIpc) is 2.36. The van der Waals surface area contributed by atoms with Crippen molar-refractivity contribution in [2.45, 2.75) is 6.54 Å². The molecule has 0 aliphatic rings. The minimum absolute atomic E-state index is 0. The Morgan fingerprint density at radius 2 is 2.26 bits per heavy atom. The number of halogens is 1. The van der Waals surface area contributed by atoms with Gasteiger partial charge in [-0.1, -0.05) is 0 Å². The molecule has 1 aromatic heterocycles. The van der Waals surface area contributed by atoms with Crippen LogP contribution in [-0.2, 0) is 6.54 Å². The van der Waals surface area contributed by atoms with Crippen molar-refractivity contribution in [3.63, 3.8) is 0 Å². The molecule has 19 heavy (non-hydrogen) atoms. The smallest absolute Gasteiger partial charge is 0.213 e. The van der Waals surface area contributed by atoms with Crippen molar-refractivity contribution >= 4 is 29.9 Å². The van der Waals surface area contributed by atoms with Gasteiger partial charge in [0.15, 0.2) is 5.96 Å². The number of aromatic nitrogens is 1. The van der Waals surface area contributed by atoms with E-state index in [1.165, 1.54) is 0 Å². The standard InChI is InChI=1S/C12H21N5O.HI/c1-14-12(13)16-9-10-4-5-15-11(8-10)18-7-6-17(2)3;/h4-5,8H,6-7,9H2,1-3H3,(H3,13,14,16);1H. The number of aliphatic imine (C=N–C) groups is 1. The van der Waals surface area contributed by atoms with Crippen LogP contribution in [0.4, 0.5) is 0 Å². The molecule has 0 unspecified atom stereocenters. The first-order valence-electron chi connectivity index (χ1n) is 5.80. The number of nitrogens with one attached hydrogen (secondary N) is 1. The van der Waals surface area contributed by atoms with E-state index in [1.54, 1.807) is 13.2 Å². The van der Waals surface area contributed by atoms with Crippen LogP contribution in [0.1, 0.15) is 5.56 Å². The van der Waals surface area contributed by atoms with Gasteiger partial charge in [-0.2, -0.15) is 0 Å². The number of nitrogens with zero attached hydrogens (tertiary/aromatic N) is 3. The predicted octanol–water partition coefficient (Wildman–Crippen LogP) is 0.674. The zero-order chi connectivity index (χ0) is 13.4. The summed E-state index contributed by atoms with van der Waals surface area (Å²) in [6, 6.07) is 3.81. The Labute approximate surface area is 131 Å². The Balaban J connectivity index is 0.00000324. The van der Waals surface area contributed by atoms with Gasteiger partial charge in [-0.05, 0) is 25.7 Å². The maximum absolute atomic E-state index is 5.56. The lowest BCUT2D eigenvalue weighted by Crippen LogP contribution is -2.30. The lowest BCUT2D eigenvalue weighted by Gasteiger charge is -2.11. The topological polar surface area (TPSA) is 75.8 Å². The Morgan fingerprint density at radius 3 is 2.89 bits per heavy atom. The van der Waals surface area contributed by atoms with E-state index in [4.69, 9.17) is 10.5 Å². The van der Waals surface area contributed by atoms with Gasteiger partial charge < -0.3 is 20.7 Å². The zero-order valence-corrected chi connectivity index (χ0v) is 13.9. The number of ether oxygens (including phenoxy) is 1. The van der Waals surface area contributed by atoms with E-state index in [1.807, 2.05) is 26.2 Å². The van der Waals surface area contributed by atoms with Crippen LogP contribution in [0.3, 0.4) is 0 Å². The van der Waals surface area contributed by atoms with Crippen LogP contribution in [0.2, 0.25) is 0 Å². The van der Waals surface area contributed by atoms with Gasteiger partial charge in [0.1, 0.15) is 6.61 Å². The molecule has 0 aromatic carbocycles. The molecular formula is C12H22IN5O. The first-order chi connectivity index (χ1) is 8.61. The fraction of sp³-hybridized carbons (Fsp3) is 0.500. The number of rotatable bonds is 6. The van der Waals surface area contributed by atoms with Crippen molar-refractivity contribution in [2.24, 2.45) is 10.7 Å². The molecule has 108 valence electrons. The van der Waals surface area contributed by atoms with Gasteiger partial charge in [-0.15, -0.1) is 24.0 Å². The van der Waals surface area contributed by atoms with Gasteiger partial charge in [0.25, 0.3) is 0 Å². The van der Waals surface area contributed by atoms with Crippen LogP contribution >= 0.6 is 24.0 Å². The molecule has 1 heterocycles. The van der Waals surface area contributed by atoms with E-state index < -0.39 is 0 Å². The summed E-state index contributed by atoms with van der Waals surface area (Å²) in [7, 11) is 5.65. The highest BCUT2D eigenvalue weighted by atomic mass is 127. The van der Waals surface area contributed by atoms with Crippen LogP contribution in [0.25, 0.3) is 0 Å². The lowest BCUT2D eigenvalue weighted by molar-refractivity contribution is 0.253. The number of likely N-dealkylation sites (N-methyl/N-ethyl adjacent to an activating group) is 1. The molecule has 6 nitrogen and oxygen atoms in total. The summed E-state index contributed by atoms with van der Waals surface area (Å²) in [5.74, 6) is 1.05. The summed E-state index contributed by atoms with van der Waals surface area (Å²) in [4.78, 5) is 10.0. The lowest BCUT2D eigenvalue weighted by atomic mass is 10.2. The van der Waals surface area contributed by atoms with Crippen molar-refractivity contribution in [1.82, 2.24) is 15.2 Å². The third kappa shape index (κ3) is 7.83. The fourth-order valence-corrected chi connectivity index (χ4v) is 1.24. The Hall–Kier alpha value is -1.09. The van der Waals surface area contributed by atoms with E-state index >= 15 is 0 Å². The molecule has 0 bridgehead atoms. The highest BCUT2D eigenvalue weighted by Gasteiger charge is 1.99. The Bertz CT molecular complexity index is 397. The SMILES string of the molecule is CN=C(N)NCc1ccnc(OCCN(C)C)c1.I. The fourth-order valence-electron chi connectivity index (χ4n) is 1.24. The van der Waals surface area contributed by atoms with Crippen molar-refractivity contribution in [1.29, 1.82) is 0 Å². The molecule has 0 saturated heterocycles. The maximum Gasteiger partial charge on any atom is 0.213 e. The van der Waals surface area contributed by atoms with Gasteiger partial charge in [-0.3, -0.25) is 4.99 Å². The van der Waals surface area contributed by atoms with Crippen LogP contribution < -0.4 is 15.8 Å². The minimum atomic E-state index is 0. The number of pyridine rings is 1. The van der Waals surface area contributed by atoms with E-state index in [-0.39, 0.29) is 24.0 Å². The second kappa shape index (κ2) is 9.79. The normalized spacial score (nSPS) is 11.1.